The molecule has 6 nitrogen and oxygen atoms in total. The maximum Gasteiger partial charge on any atom is 0.266 e. The lowest BCUT2D eigenvalue weighted by Gasteiger charge is -2.10. The Morgan fingerprint density at radius 3 is 2.54 bits per heavy atom. The number of rotatable bonds is 7. The van der Waals surface area contributed by atoms with Gasteiger partial charge in [0.25, 0.3) is 15.9 Å². The van der Waals surface area contributed by atoms with E-state index in [9.17, 15) is 17.6 Å². The topological polar surface area (TPSA) is 84.5 Å². The highest BCUT2D eigenvalue weighted by Crippen LogP contribution is 2.17. The van der Waals surface area contributed by atoms with Gasteiger partial charge < -0.3 is 4.74 Å². The first-order valence-electron chi connectivity index (χ1n) is 7.23. The molecule has 0 radical (unpaired) electrons. The maximum absolute atomic E-state index is 13.6. The van der Waals surface area contributed by atoms with Crippen LogP contribution in [0.25, 0.3) is 0 Å². The quantitative estimate of drug-likeness (QED) is 0.749. The number of nitrogens with one attached hydrogen (secondary N) is 2. The summed E-state index contributed by atoms with van der Waals surface area (Å²) in [6, 6.07) is 11.0. The number of ether oxygens (including phenoxy) is 1. The molecule has 1 amide bonds. The molecule has 24 heavy (non-hydrogen) atoms. The molecule has 0 spiro atoms. The van der Waals surface area contributed by atoms with Crippen LogP contribution in [0.1, 0.15) is 23.7 Å². The molecule has 0 saturated heterocycles. The molecule has 0 aliphatic heterocycles. The van der Waals surface area contributed by atoms with E-state index in [-0.39, 0.29) is 16.2 Å². The highest BCUT2D eigenvalue weighted by Gasteiger charge is 2.16. The zero-order chi connectivity index (χ0) is 17.6. The van der Waals surface area contributed by atoms with E-state index in [0.29, 0.717) is 6.61 Å². The summed E-state index contributed by atoms with van der Waals surface area (Å²) < 4.78 is 42.9. The Bertz CT molecular complexity index is 810. The minimum atomic E-state index is -3.90. The smallest absolute Gasteiger partial charge is 0.266 e. The SMILES string of the molecule is CCCOc1cc(F)cc(C(=O)NNS(=O)(=O)c2ccccc2)c1. The van der Waals surface area contributed by atoms with E-state index in [1.54, 1.807) is 18.2 Å². The van der Waals surface area contributed by atoms with Crippen molar-refractivity contribution in [3.63, 3.8) is 0 Å². The summed E-state index contributed by atoms with van der Waals surface area (Å²) >= 11 is 0. The van der Waals surface area contributed by atoms with Crippen LogP contribution in [-0.2, 0) is 10.0 Å². The third-order valence-corrected chi connectivity index (χ3v) is 4.22. The van der Waals surface area contributed by atoms with Gasteiger partial charge in [-0.15, -0.1) is 4.83 Å². The Hall–Kier alpha value is -2.45. The number of halogens is 1. The number of amides is 1. The Morgan fingerprint density at radius 2 is 1.88 bits per heavy atom. The van der Waals surface area contributed by atoms with Crippen molar-refractivity contribution >= 4 is 15.9 Å². The summed E-state index contributed by atoms with van der Waals surface area (Å²) in [4.78, 5) is 14.0. The zero-order valence-corrected chi connectivity index (χ0v) is 13.8. The molecule has 0 heterocycles. The lowest BCUT2D eigenvalue weighted by atomic mass is 10.2. The minimum absolute atomic E-state index is 0.00323. The Kier molecular flexibility index (Phi) is 5.88. The Labute approximate surface area is 139 Å². The molecule has 2 rings (SSSR count). The second-order valence-electron chi connectivity index (χ2n) is 4.90. The first-order valence-corrected chi connectivity index (χ1v) is 8.71. The number of sulfonamides is 1. The van der Waals surface area contributed by atoms with E-state index >= 15 is 0 Å². The molecule has 0 aliphatic rings. The van der Waals surface area contributed by atoms with E-state index in [1.807, 2.05) is 17.2 Å². The van der Waals surface area contributed by atoms with E-state index in [2.05, 4.69) is 0 Å². The van der Waals surface area contributed by atoms with Crippen LogP contribution in [0.2, 0.25) is 0 Å². The van der Waals surface area contributed by atoms with E-state index in [4.69, 9.17) is 4.74 Å². The van der Waals surface area contributed by atoms with Gasteiger partial charge in [-0.3, -0.25) is 10.2 Å². The molecule has 2 N–H and O–H groups in total. The standard InChI is InChI=1S/C16H17FN2O4S/c1-2-8-23-14-10-12(9-13(17)11-14)16(20)18-19-24(21,22)15-6-4-3-5-7-15/h3-7,9-11,19H,2,8H2,1H3,(H,18,20). The second kappa shape index (κ2) is 7.89. The first-order chi connectivity index (χ1) is 11.4. The van der Waals surface area contributed by atoms with Gasteiger partial charge in [-0.2, -0.15) is 0 Å². The summed E-state index contributed by atoms with van der Waals surface area (Å²) in [6.07, 6.45) is 0.731. The number of hydrogen-bond donors (Lipinski definition) is 2. The lowest BCUT2D eigenvalue weighted by Crippen LogP contribution is -2.41. The van der Waals surface area contributed by atoms with E-state index in [1.165, 1.54) is 18.2 Å². The normalized spacial score (nSPS) is 11.1. The van der Waals surface area contributed by atoms with Crippen LogP contribution in [0.5, 0.6) is 5.75 Å². The van der Waals surface area contributed by atoms with Crippen molar-refractivity contribution in [2.24, 2.45) is 0 Å². The third-order valence-electron chi connectivity index (χ3n) is 2.96. The van der Waals surface area contributed by atoms with Gasteiger partial charge in [-0.1, -0.05) is 25.1 Å². The summed E-state index contributed by atoms with van der Waals surface area (Å²) in [6.45, 7) is 2.27. The van der Waals surface area contributed by atoms with Gasteiger partial charge in [-0.05, 0) is 30.7 Å². The minimum Gasteiger partial charge on any atom is -0.493 e. The van der Waals surface area contributed by atoms with Crippen LogP contribution >= 0.6 is 0 Å². The molecular formula is C16H17FN2O4S. The van der Waals surface area contributed by atoms with Crippen LogP contribution < -0.4 is 15.0 Å². The van der Waals surface area contributed by atoms with Crippen LogP contribution in [0.15, 0.2) is 53.4 Å². The molecule has 128 valence electrons. The van der Waals surface area contributed by atoms with Gasteiger partial charge in [-0.25, -0.2) is 12.8 Å². The fourth-order valence-corrected chi connectivity index (χ4v) is 2.70. The van der Waals surface area contributed by atoms with Crippen LogP contribution in [0.4, 0.5) is 4.39 Å². The highest BCUT2D eigenvalue weighted by atomic mass is 32.2. The fraction of sp³-hybridized carbons (Fsp3) is 0.188. The number of hydrogen-bond acceptors (Lipinski definition) is 4. The third kappa shape index (κ3) is 4.77. The molecule has 0 saturated carbocycles. The number of carbonyl (C=O) groups excluding carboxylic acids is 1. The maximum atomic E-state index is 13.6. The monoisotopic (exact) mass is 352 g/mol. The van der Waals surface area contributed by atoms with Crippen molar-refractivity contribution in [3.8, 4) is 5.75 Å². The van der Waals surface area contributed by atoms with Crippen molar-refractivity contribution in [3.05, 3.63) is 59.9 Å². The van der Waals surface area contributed by atoms with Gasteiger partial charge in [0, 0.05) is 11.6 Å². The molecular weight excluding hydrogens is 335 g/mol. The lowest BCUT2D eigenvalue weighted by molar-refractivity contribution is 0.0944. The number of hydrazine groups is 1. The van der Waals surface area contributed by atoms with Crippen LogP contribution in [0.3, 0.4) is 0 Å². The van der Waals surface area contributed by atoms with Crippen LogP contribution in [-0.4, -0.2) is 20.9 Å². The van der Waals surface area contributed by atoms with E-state index in [0.717, 1.165) is 18.6 Å². The summed E-state index contributed by atoms with van der Waals surface area (Å²) in [5.74, 6) is -1.25. The first kappa shape index (κ1) is 17.9. The molecule has 0 unspecified atom stereocenters. The molecule has 2 aromatic carbocycles. The fourth-order valence-electron chi connectivity index (χ4n) is 1.84. The van der Waals surface area contributed by atoms with Gasteiger partial charge in [0.15, 0.2) is 0 Å². The largest absolute Gasteiger partial charge is 0.493 e. The van der Waals surface area contributed by atoms with Crippen molar-refractivity contribution < 1.29 is 22.3 Å². The molecule has 0 atom stereocenters. The molecule has 0 bridgehead atoms. The summed E-state index contributed by atoms with van der Waals surface area (Å²) in [5.41, 5.74) is 1.99. The predicted molar refractivity (Wildman–Crippen MR) is 86.4 cm³/mol. The van der Waals surface area contributed by atoms with Crippen molar-refractivity contribution in [1.82, 2.24) is 10.3 Å². The Balaban J connectivity index is 2.08. The molecule has 0 aliphatic carbocycles. The van der Waals surface area contributed by atoms with Gasteiger partial charge in [0.05, 0.1) is 11.5 Å². The van der Waals surface area contributed by atoms with Crippen LogP contribution in [0, 0.1) is 5.82 Å². The summed E-state index contributed by atoms with van der Waals surface area (Å²) in [7, 11) is -3.90. The average molecular weight is 352 g/mol. The van der Waals surface area contributed by atoms with Crippen molar-refractivity contribution in [1.29, 1.82) is 0 Å². The van der Waals surface area contributed by atoms with Crippen molar-refractivity contribution in [2.75, 3.05) is 6.61 Å². The van der Waals surface area contributed by atoms with Gasteiger partial charge >= 0.3 is 0 Å². The van der Waals surface area contributed by atoms with E-state index < -0.39 is 21.7 Å². The van der Waals surface area contributed by atoms with Crippen molar-refractivity contribution in [2.45, 2.75) is 18.2 Å². The molecule has 2 aromatic rings. The average Bonchev–Trinajstić information content (AvgIpc) is 2.58. The molecule has 0 fully saturated rings. The highest BCUT2D eigenvalue weighted by molar-refractivity contribution is 7.89. The Morgan fingerprint density at radius 1 is 1.17 bits per heavy atom. The summed E-state index contributed by atoms with van der Waals surface area (Å²) in [5, 5.41) is 0. The molecule has 8 heteroatoms. The number of benzene rings is 2. The number of carbonyl (C=O) groups is 1. The van der Waals surface area contributed by atoms with Gasteiger partial charge in [0.2, 0.25) is 0 Å². The molecule has 0 aromatic heterocycles. The zero-order valence-electron chi connectivity index (χ0n) is 13.0. The van der Waals surface area contributed by atoms with Gasteiger partial charge in [0.1, 0.15) is 11.6 Å². The second-order valence-corrected chi connectivity index (χ2v) is 6.58. The predicted octanol–water partition coefficient (Wildman–Crippen LogP) is 2.24.